The number of hydrogen-bond acceptors (Lipinski definition) is 4. The van der Waals surface area contributed by atoms with E-state index in [1.807, 2.05) is 67.6 Å². The molecule has 0 bridgehead atoms. The van der Waals surface area contributed by atoms with Crippen LogP contribution in [0.1, 0.15) is 31.4 Å². The number of nitrogens with zero attached hydrogens (tertiary/aromatic N) is 2. The highest BCUT2D eigenvalue weighted by Gasteiger charge is 2.14. The molecule has 0 radical (unpaired) electrons. The van der Waals surface area contributed by atoms with Gasteiger partial charge in [0.15, 0.2) is 5.16 Å². The number of rotatable bonds is 8. The first-order valence-electron chi connectivity index (χ1n) is 10.8. The van der Waals surface area contributed by atoms with Crippen molar-refractivity contribution in [3.63, 3.8) is 0 Å². The number of hydrogen-bond donors (Lipinski definition) is 1. The van der Waals surface area contributed by atoms with Crippen molar-refractivity contribution in [3.05, 3.63) is 99.8 Å². The standard InChI is InChI=1S/C26H24ClN3O2S/c1-18(19-9-3-2-4-10-19)28-24(31)15-8-16-33-26-29-23-14-6-5-13-22(23)25(32)30(26)21-12-7-11-20(27)17-21/h2-7,9-14,17-18H,8,15-16H2,1H3,(H,28,31). The minimum Gasteiger partial charge on any atom is -0.350 e. The summed E-state index contributed by atoms with van der Waals surface area (Å²) in [5.41, 5.74) is 2.26. The Morgan fingerprint density at radius 3 is 2.61 bits per heavy atom. The third-order valence-electron chi connectivity index (χ3n) is 5.27. The second-order valence-electron chi connectivity index (χ2n) is 7.68. The Morgan fingerprint density at radius 2 is 1.82 bits per heavy atom. The highest BCUT2D eigenvalue weighted by Crippen LogP contribution is 2.24. The van der Waals surface area contributed by atoms with Crippen molar-refractivity contribution in [1.29, 1.82) is 0 Å². The van der Waals surface area contributed by atoms with Crippen molar-refractivity contribution in [3.8, 4) is 5.69 Å². The van der Waals surface area contributed by atoms with E-state index >= 15 is 0 Å². The van der Waals surface area contributed by atoms with Crippen LogP contribution in [0, 0.1) is 0 Å². The lowest BCUT2D eigenvalue weighted by atomic mass is 10.1. The zero-order valence-electron chi connectivity index (χ0n) is 18.2. The van der Waals surface area contributed by atoms with Crippen LogP contribution in [0.15, 0.2) is 88.8 Å². The number of halogens is 1. The Hall–Kier alpha value is -3.09. The van der Waals surface area contributed by atoms with Crippen molar-refractivity contribution in [2.24, 2.45) is 0 Å². The first kappa shape index (κ1) is 23.1. The Bertz CT molecular complexity index is 1320. The van der Waals surface area contributed by atoms with Gasteiger partial charge in [-0.1, -0.05) is 71.9 Å². The van der Waals surface area contributed by atoms with Crippen LogP contribution in [-0.2, 0) is 4.79 Å². The molecule has 4 rings (SSSR count). The quantitative estimate of drug-likeness (QED) is 0.198. The number of aromatic nitrogens is 2. The summed E-state index contributed by atoms with van der Waals surface area (Å²) in [5.74, 6) is 0.657. The molecule has 0 spiro atoms. The highest BCUT2D eigenvalue weighted by atomic mass is 35.5. The SMILES string of the molecule is CC(NC(=O)CCCSc1nc2ccccc2c(=O)n1-c1cccc(Cl)c1)c1ccccc1. The van der Waals surface area contributed by atoms with E-state index in [1.165, 1.54) is 11.8 Å². The summed E-state index contributed by atoms with van der Waals surface area (Å²) in [5, 5.41) is 4.72. The molecule has 0 saturated carbocycles. The number of benzene rings is 3. The molecule has 3 aromatic carbocycles. The van der Waals surface area contributed by atoms with Gasteiger partial charge in [-0.3, -0.25) is 14.2 Å². The molecular formula is C26H24ClN3O2S. The first-order chi connectivity index (χ1) is 16.0. The van der Waals surface area contributed by atoms with E-state index in [-0.39, 0.29) is 17.5 Å². The van der Waals surface area contributed by atoms with Crippen LogP contribution < -0.4 is 10.9 Å². The van der Waals surface area contributed by atoms with Crippen LogP contribution in [0.4, 0.5) is 0 Å². The molecule has 1 amide bonds. The second kappa shape index (κ2) is 10.7. The summed E-state index contributed by atoms with van der Waals surface area (Å²) >= 11 is 7.64. The molecule has 0 saturated heterocycles. The lowest BCUT2D eigenvalue weighted by Crippen LogP contribution is -2.26. The molecule has 0 fully saturated rings. The van der Waals surface area contributed by atoms with Gasteiger partial charge < -0.3 is 5.32 Å². The third-order valence-corrected chi connectivity index (χ3v) is 6.53. The lowest BCUT2D eigenvalue weighted by molar-refractivity contribution is -0.121. The molecule has 1 heterocycles. The van der Waals surface area contributed by atoms with Gasteiger partial charge in [0.2, 0.25) is 5.91 Å². The molecule has 33 heavy (non-hydrogen) atoms. The van der Waals surface area contributed by atoms with E-state index in [2.05, 4.69) is 5.32 Å². The molecule has 0 aliphatic heterocycles. The van der Waals surface area contributed by atoms with Gasteiger partial charge in [-0.25, -0.2) is 4.98 Å². The van der Waals surface area contributed by atoms with Crippen molar-refractivity contribution in [2.45, 2.75) is 31.0 Å². The van der Waals surface area contributed by atoms with Gasteiger partial charge in [-0.15, -0.1) is 0 Å². The largest absolute Gasteiger partial charge is 0.350 e. The molecular weight excluding hydrogens is 454 g/mol. The average molecular weight is 478 g/mol. The van der Waals surface area contributed by atoms with Gasteiger partial charge in [0.1, 0.15) is 0 Å². The zero-order chi connectivity index (χ0) is 23.2. The van der Waals surface area contributed by atoms with Gasteiger partial charge in [0.25, 0.3) is 5.56 Å². The van der Waals surface area contributed by atoms with E-state index in [1.54, 1.807) is 22.8 Å². The van der Waals surface area contributed by atoms with Crippen LogP contribution in [0.5, 0.6) is 0 Å². The molecule has 4 aromatic rings. The molecule has 7 heteroatoms. The van der Waals surface area contributed by atoms with Crippen LogP contribution >= 0.6 is 23.4 Å². The molecule has 168 valence electrons. The minimum absolute atomic E-state index is 0.00524. The predicted octanol–water partition coefficient (Wildman–Crippen LogP) is 5.79. The topological polar surface area (TPSA) is 64.0 Å². The Balaban J connectivity index is 1.46. The first-order valence-corrected chi connectivity index (χ1v) is 12.1. The molecule has 1 aromatic heterocycles. The summed E-state index contributed by atoms with van der Waals surface area (Å²) in [6.45, 7) is 1.98. The second-order valence-corrected chi connectivity index (χ2v) is 9.18. The van der Waals surface area contributed by atoms with Gasteiger partial charge in [0, 0.05) is 17.2 Å². The average Bonchev–Trinajstić information content (AvgIpc) is 2.82. The molecule has 1 N–H and O–H groups in total. The van der Waals surface area contributed by atoms with Gasteiger partial charge in [0.05, 0.1) is 22.6 Å². The number of carbonyl (C=O) groups is 1. The third kappa shape index (κ3) is 5.64. The van der Waals surface area contributed by atoms with Crippen molar-refractivity contribution in [2.75, 3.05) is 5.75 Å². The van der Waals surface area contributed by atoms with Gasteiger partial charge in [-0.05, 0) is 49.2 Å². The fourth-order valence-corrected chi connectivity index (χ4v) is 4.72. The zero-order valence-corrected chi connectivity index (χ0v) is 19.8. The van der Waals surface area contributed by atoms with E-state index in [0.717, 1.165) is 5.56 Å². The predicted molar refractivity (Wildman–Crippen MR) is 135 cm³/mol. The fourth-order valence-electron chi connectivity index (χ4n) is 3.59. The number of thioether (sulfide) groups is 1. The molecule has 0 aliphatic rings. The van der Waals surface area contributed by atoms with Crippen molar-refractivity contribution in [1.82, 2.24) is 14.9 Å². The minimum atomic E-state index is -0.139. The maximum absolute atomic E-state index is 13.3. The lowest BCUT2D eigenvalue weighted by Gasteiger charge is -2.15. The van der Waals surface area contributed by atoms with E-state index < -0.39 is 0 Å². The van der Waals surface area contributed by atoms with E-state index in [0.29, 0.717) is 45.4 Å². The smallest absolute Gasteiger partial charge is 0.266 e. The monoisotopic (exact) mass is 477 g/mol. The van der Waals surface area contributed by atoms with Crippen molar-refractivity contribution >= 4 is 40.2 Å². The number of amides is 1. The van der Waals surface area contributed by atoms with Gasteiger partial charge in [-0.2, -0.15) is 0 Å². The summed E-state index contributed by atoms with van der Waals surface area (Å²) in [6, 6.07) is 24.3. The summed E-state index contributed by atoms with van der Waals surface area (Å²) < 4.78 is 1.59. The summed E-state index contributed by atoms with van der Waals surface area (Å²) in [4.78, 5) is 30.4. The van der Waals surface area contributed by atoms with Crippen LogP contribution in [-0.4, -0.2) is 21.2 Å². The van der Waals surface area contributed by atoms with E-state index in [9.17, 15) is 9.59 Å². The van der Waals surface area contributed by atoms with Crippen LogP contribution in [0.3, 0.4) is 0 Å². The highest BCUT2D eigenvalue weighted by molar-refractivity contribution is 7.99. The Kier molecular flexibility index (Phi) is 7.47. The molecule has 1 atom stereocenters. The molecule has 5 nitrogen and oxygen atoms in total. The maximum Gasteiger partial charge on any atom is 0.266 e. The van der Waals surface area contributed by atoms with Crippen LogP contribution in [0.25, 0.3) is 16.6 Å². The summed E-state index contributed by atoms with van der Waals surface area (Å²) in [7, 11) is 0. The van der Waals surface area contributed by atoms with Gasteiger partial charge >= 0.3 is 0 Å². The van der Waals surface area contributed by atoms with E-state index in [4.69, 9.17) is 16.6 Å². The Morgan fingerprint density at radius 1 is 1.06 bits per heavy atom. The fraction of sp³-hybridized carbons (Fsp3) is 0.192. The maximum atomic E-state index is 13.3. The summed E-state index contributed by atoms with van der Waals surface area (Å²) in [6.07, 6.45) is 1.06. The number of para-hydroxylation sites is 1. The normalized spacial score (nSPS) is 11.9. The Labute approximate surface area is 201 Å². The number of carbonyl (C=O) groups excluding carboxylic acids is 1. The number of fused-ring (bicyclic) bond motifs is 1. The molecule has 1 unspecified atom stereocenters. The molecule has 0 aliphatic carbocycles. The van der Waals surface area contributed by atoms with Crippen molar-refractivity contribution < 1.29 is 4.79 Å². The van der Waals surface area contributed by atoms with Crippen LogP contribution in [0.2, 0.25) is 5.02 Å². The number of nitrogens with one attached hydrogen (secondary N) is 1.